The minimum absolute atomic E-state index is 0.229. The summed E-state index contributed by atoms with van der Waals surface area (Å²) < 4.78 is 16.7. The molecule has 2 heterocycles. The first-order chi connectivity index (χ1) is 13.6. The third kappa shape index (κ3) is 3.57. The number of amides is 1. The van der Waals surface area contributed by atoms with E-state index in [-0.39, 0.29) is 24.8 Å². The van der Waals surface area contributed by atoms with Crippen molar-refractivity contribution in [1.29, 1.82) is 0 Å². The molecule has 0 aromatic heterocycles. The van der Waals surface area contributed by atoms with Crippen molar-refractivity contribution in [3.63, 3.8) is 0 Å². The van der Waals surface area contributed by atoms with Gasteiger partial charge in [0, 0.05) is 18.4 Å². The van der Waals surface area contributed by atoms with Gasteiger partial charge in [-0.2, -0.15) is 0 Å². The monoisotopic (exact) mass is 383 g/mol. The van der Waals surface area contributed by atoms with Crippen molar-refractivity contribution < 1.29 is 24.1 Å². The Bertz CT molecular complexity index is 811. The Labute approximate surface area is 164 Å². The van der Waals surface area contributed by atoms with Crippen LogP contribution in [0.3, 0.4) is 0 Å². The summed E-state index contributed by atoms with van der Waals surface area (Å²) in [5.41, 5.74) is 0.633. The zero-order chi connectivity index (χ0) is 19.6. The van der Waals surface area contributed by atoms with Gasteiger partial charge in [0.05, 0.1) is 38.0 Å². The van der Waals surface area contributed by atoms with E-state index in [0.717, 1.165) is 11.1 Å². The Hall–Kier alpha value is -2.57. The number of benzene rings is 2. The van der Waals surface area contributed by atoms with Crippen molar-refractivity contribution in [1.82, 2.24) is 4.90 Å². The molecule has 2 aliphatic rings. The Kier molecular flexibility index (Phi) is 5.24. The average Bonchev–Trinajstić information content (AvgIpc) is 2.72. The molecule has 1 N–H and O–H groups in total. The number of aliphatic hydroxyl groups is 1. The molecule has 2 unspecified atom stereocenters. The lowest BCUT2D eigenvalue weighted by Crippen LogP contribution is -2.62. The molecule has 0 saturated carbocycles. The SMILES string of the molecule is COc1ccccc1C1(O)CC2COCC(C1)N2C(=O)OCc1ccccc1. The minimum atomic E-state index is -1.07. The topological polar surface area (TPSA) is 68.2 Å². The van der Waals surface area contributed by atoms with Crippen LogP contribution >= 0.6 is 0 Å². The van der Waals surface area contributed by atoms with Gasteiger partial charge in [-0.05, 0) is 11.6 Å². The number of ether oxygens (including phenoxy) is 3. The highest BCUT2D eigenvalue weighted by Gasteiger charge is 2.50. The van der Waals surface area contributed by atoms with Crippen molar-refractivity contribution >= 4 is 6.09 Å². The predicted octanol–water partition coefficient (Wildman–Crippen LogP) is 3.08. The van der Waals surface area contributed by atoms with E-state index < -0.39 is 5.60 Å². The van der Waals surface area contributed by atoms with Gasteiger partial charge >= 0.3 is 6.09 Å². The van der Waals surface area contributed by atoms with Crippen molar-refractivity contribution in [3.05, 3.63) is 65.7 Å². The summed E-state index contributed by atoms with van der Waals surface area (Å²) in [7, 11) is 1.60. The second kappa shape index (κ2) is 7.81. The minimum Gasteiger partial charge on any atom is -0.496 e. The molecular weight excluding hydrogens is 358 g/mol. The number of carbonyl (C=O) groups excluding carboxylic acids is 1. The van der Waals surface area contributed by atoms with Gasteiger partial charge < -0.3 is 19.3 Å². The van der Waals surface area contributed by atoms with Gasteiger partial charge in [0.1, 0.15) is 12.4 Å². The van der Waals surface area contributed by atoms with Crippen LogP contribution in [0.1, 0.15) is 24.0 Å². The van der Waals surface area contributed by atoms with Crippen LogP contribution < -0.4 is 4.74 Å². The molecule has 2 aliphatic heterocycles. The molecule has 2 fully saturated rings. The van der Waals surface area contributed by atoms with E-state index in [2.05, 4.69) is 0 Å². The normalized spacial score (nSPS) is 26.6. The van der Waals surface area contributed by atoms with Crippen LogP contribution in [-0.2, 0) is 21.7 Å². The predicted molar refractivity (Wildman–Crippen MR) is 103 cm³/mol. The van der Waals surface area contributed by atoms with Crippen LogP contribution in [0, 0.1) is 0 Å². The number of para-hydroxylation sites is 1. The molecule has 0 aliphatic carbocycles. The lowest BCUT2D eigenvalue weighted by Gasteiger charge is -2.51. The maximum absolute atomic E-state index is 12.8. The van der Waals surface area contributed by atoms with Gasteiger partial charge in [0.2, 0.25) is 0 Å². The molecule has 1 amide bonds. The summed E-state index contributed by atoms with van der Waals surface area (Å²) in [5.74, 6) is 0.657. The zero-order valence-corrected chi connectivity index (χ0v) is 15.9. The van der Waals surface area contributed by atoms with E-state index in [9.17, 15) is 9.90 Å². The Morgan fingerprint density at radius 1 is 1.11 bits per heavy atom. The maximum atomic E-state index is 12.8. The highest BCUT2D eigenvalue weighted by atomic mass is 16.6. The standard InChI is InChI=1S/C22H25NO5/c1-26-20-10-6-5-9-19(20)22(25)11-17-14-27-15-18(12-22)23(17)21(24)28-13-16-7-3-2-4-8-16/h2-10,17-18,25H,11-15H2,1H3. The van der Waals surface area contributed by atoms with Gasteiger partial charge in [0.25, 0.3) is 0 Å². The third-order valence-corrected chi connectivity index (χ3v) is 5.58. The lowest BCUT2D eigenvalue weighted by molar-refractivity contribution is -0.137. The highest BCUT2D eigenvalue weighted by Crippen LogP contribution is 2.44. The number of methoxy groups -OCH3 is 1. The number of rotatable bonds is 4. The third-order valence-electron chi connectivity index (χ3n) is 5.58. The van der Waals surface area contributed by atoms with E-state index in [4.69, 9.17) is 14.2 Å². The van der Waals surface area contributed by atoms with Crippen molar-refractivity contribution in [2.45, 2.75) is 37.1 Å². The Balaban J connectivity index is 1.51. The number of hydrogen-bond donors (Lipinski definition) is 1. The molecule has 148 valence electrons. The first-order valence-electron chi connectivity index (χ1n) is 9.53. The molecule has 6 nitrogen and oxygen atoms in total. The van der Waals surface area contributed by atoms with Crippen LogP contribution in [-0.4, -0.2) is 48.5 Å². The second-order valence-corrected chi connectivity index (χ2v) is 7.43. The van der Waals surface area contributed by atoms with Crippen LogP contribution in [0.15, 0.2) is 54.6 Å². The molecule has 6 heteroatoms. The van der Waals surface area contributed by atoms with E-state index >= 15 is 0 Å². The van der Waals surface area contributed by atoms with Crippen LogP contribution in [0.25, 0.3) is 0 Å². The summed E-state index contributed by atoms with van der Waals surface area (Å²) in [6.07, 6.45) is 0.401. The molecule has 28 heavy (non-hydrogen) atoms. The number of hydrogen-bond acceptors (Lipinski definition) is 5. The Morgan fingerprint density at radius 2 is 1.75 bits per heavy atom. The second-order valence-electron chi connectivity index (χ2n) is 7.43. The summed E-state index contributed by atoms with van der Waals surface area (Å²) in [4.78, 5) is 14.5. The molecule has 0 spiro atoms. The van der Waals surface area contributed by atoms with E-state index in [1.54, 1.807) is 12.0 Å². The first-order valence-corrected chi connectivity index (χ1v) is 9.53. The molecule has 4 rings (SSSR count). The summed E-state index contributed by atoms with van der Waals surface area (Å²) in [6, 6.07) is 16.6. The number of morpholine rings is 1. The van der Waals surface area contributed by atoms with Crippen LogP contribution in [0.4, 0.5) is 4.79 Å². The van der Waals surface area contributed by atoms with Crippen LogP contribution in [0.2, 0.25) is 0 Å². The highest BCUT2D eigenvalue weighted by molar-refractivity contribution is 5.69. The van der Waals surface area contributed by atoms with Gasteiger partial charge in [0.15, 0.2) is 0 Å². The molecule has 2 atom stereocenters. The number of carbonyl (C=O) groups is 1. The first kappa shape index (κ1) is 18.8. The van der Waals surface area contributed by atoms with Gasteiger partial charge in [-0.3, -0.25) is 4.90 Å². The molecule has 2 aromatic rings. The molecule has 2 bridgehead atoms. The van der Waals surface area contributed by atoms with Gasteiger partial charge in [-0.1, -0.05) is 48.5 Å². The van der Waals surface area contributed by atoms with E-state index in [1.807, 2.05) is 54.6 Å². The average molecular weight is 383 g/mol. The molecule has 2 aromatic carbocycles. The van der Waals surface area contributed by atoms with Crippen molar-refractivity contribution in [3.8, 4) is 5.75 Å². The molecule has 2 saturated heterocycles. The summed E-state index contributed by atoms with van der Waals surface area (Å²) in [6.45, 7) is 0.996. The summed E-state index contributed by atoms with van der Waals surface area (Å²) >= 11 is 0. The van der Waals surface area contributed by atoms with Crippen molar-refractivity contribution in [2.75, 3.05) is 20.3 Å². The fraction of sp³-hybridized carbons (Fsp3) is 0.409. The zero-order valence-electron chi connectivity index (χ0n) is 15.9. The largest absolute Gasteiger partial charge is 0.496 e. The van der Waals surface area contributed by atoms with E-state index in [0.29, 0.717) is 31.8 Å². The molecular formula is C22H25NO5. The number of nitrogens with zero attached hydrogens (tertiary/aromatic N) is 1. The smallest absolute Gasteiger partial charge is 0.410 e. The lowest BCUT2D eigenvalue weighted by atomic mass is 9.76. The van der Waals surface area contributed by atoms with Crippen molar-refractivity contribution in [2.24, 2.45) is 0 Å². The number of fused-ring (bicyclic) bond motifs is 2. The fourth-order valence-electron chi connectivity index (χ4n) is 4.32. The van der Waals surface area contributed by atoms with Crippen LogP contribution in [0.5, 0.6) is 5.75 Å². The maximum Gasteiger partial charge on any atom is 0.410 e. The quantitative estimate of drug-likeness (QED) is 0.879. The Morgan fingerprint density at radius 3 is 2.43 bits per heavy atom. The van der Waals surface area contributed by atoms with E-state index in [1.165, 1.54) is 0 Å². The summed E-state index contributed by atoms with van der Waals surface area (Å²) in [5, 5.41) is 11.5. The molecule has 0 radical (unpaired) electrons. The fourth-order valence-corrected chi connectivity index (χ4v) is 4.32. The number of piperidine rings is 1. The van der Waals surface area contributed by atoms with Gasteiger partial charge in [-0.25, -0.2) is 4.79 Å². The van der Waals surface area contributed by atoms with Gasteiger partial charge in [-0.15, -0.1) is 0 Å².